The SMILES string of the molecule is C[C@H]1[C@H](N(C)c2nc3ccccc3o2)CCCN1C(=O)c1ccc(-n2nccn2)cn1. The van der Waals surface area contributed by atoms with Crippen LogP contribution < -0.4 is 4.90 Å². The smallest absolute Gasteiger partial charge is 0.298 e. The van der Waals surface area contributed by atoms with Gasteiger partial charge in [0.1, 0.15) is 16.9 Å². The average Bonchev–Trinajstić information content (AvgIpc) is 3.48. The van der Waals surface area contributed by atoms with E-state index < -0.39 is 0 Å². The molecule has 1 saturated heterocycles. The number of fused-ring (bicyclic) bond motifs is 1. The first-order valence-corrected chi connectivity index (χ1v) is 10.3. The van der Waals surface area contributed by atoms with Crippen LogP contribution in [-0.4, -0.2) is 61.4 Å². The number of hydrogen-bond acceptors (Lipinski definition) is 7. The Balaban J connectivity index is 1.34. The van der Waals surface area contributed by atoms with Crippen LogP contribution in [0.4, 0.5) is 6.01 Å². The third-order valence-electron chi connectivity index (χ3n) is 5.91. The second kappa shape index (κ2) is 7.82. The number of likely N-dealkylation sites (tertiary alicyclic amines) is 1. The van der Waals surface area contributed by atoms with Gasteiger partial charge in [-0.15, -0.1) is 0 Å². The lowest BCUT2D eigenvalue weighted by Gasteiger charge is -2.42. The fourth-order valence-corrected chi connectivity index (χ4v) is 4.21. The van der Waals surface area contributed by atoms with Gasteiger partial charge in [0, 0.05) is 19.6 Å². The lowest BCUT2D eigenvalue weighted by molar-refractivity contribution is 0.0593. The molecule has 158 valence electrons. The number of amides is 1. The van der Waals surface area contributed by atoms with E-state index in [-0.39, 0.29) is 18.0 Å². The van der Waals surface area contributed by atoms with E-state index in [4.69, 9.17) is 4.42 Å². The number of likely N-dealkylation sites (N-methyl/N-ethyl adjacent to an activating group) is 1. The molecule has 0 unspecified atom stereocenters. The quantitative estimate of drug-likeness (QED) is 0.504. The largest absolute Gasteiger partial charge is 0.423 e. The molecule has 2 atom stereocenters. The van der Waals surface area contributed by atoms with Crippen LogP contribution in [0.25, 0.3) is 16.8 Å². The number of rotatable bonds is 4. The van der Waals surface area contributed by atoms with E-state index in [0.29, 0.717) is 23.9 Å². The highest BCUT2D eigenvalue weighted by atomic mass is 16.4. The summed E-state index contributed by atoms with van der Waals surface area (Å²) in [6, 6.07) is 11.9. The molecule has 1 amide bonds. The van der Waals surface area contributed by atoms with E-state index in [0.717, 1.165) is 23.9 Å². The summed E-state index contributed by atoms with van der Waals surface area (Å²) >= 11 is 0. The number of aromatic nitrogens is 5. The number of anilines is 1. The molecule has 1 aromatic carbocycles. The van der Waals surface area contributed by atoms with Crippen molar-refractivity contribution in [2.75, 3.05) is 18.5 Å². The molecule has 5 rings (SSSR count). The summed E-state index contributed by atoms with van der Waals surface area (Å²) in [6.07, 6.45) is 6.67. The maximum absolute atomic E-state index is 13.2. The fourth-order valence-electron chi connectivity index (χ4n) is 4.21. The molecular weight excluding hydrogens is 394 g/mol. The van der Waals surface area contributed by atoms with E-state index >= 15 is 0 Å². The molecule has 4 heterocycles. The van der Waals surface area contributed by atoms with Crippen molar-refractivity contribution in [1.82, 2.24) is 29.9 Å². The fraction of sp³-hybridized carbons (Fsp3) is 0.318. The predicted octanol–water partition coefficient (Wildman–Crippen LogP) is 2.93. The molecule has 0 N–H and O–H groups in total. The van der Waals surface area contributed by atoms with Crippen molar-refractivity contribution in [2.45, 2.75) is 31.8 Å². The monoisotopic (exact) mass is 417 g/mol. The Morgan fingerprint density at radius 3 is 2.71 bits per heavy atom. The summed E-state index contributed by atoms with van der Waals surface area (Å²) in [5, 5.41) is 8.17. The summed E-state index contributed by atoms with van der Waals surface area (Å²) in [6.45, 7) is 2.77. The maximum Gasteiger partial charge on any atom is 0.298 e. The van der Waals surface area contributed by atoms with Gasteiger partial charge in [0.2, 0.25) is 0 Å². The van der Waals surface area contributed by atoms with Gasteiger partial charge < -0.3 is 14.2 Å². The number of carbonyl (C=O) groups is 1. The number of oxazole rings is 1. The van der Waals surface area contributed by atoms with Crippen LogP contribution in [0.2, 0.25) is 0 Å². The minimum Gasteiger partial charge on any atom is -0.423 e. The van der Waals surface area contributed by atoms with Crippen LogP contribution >= 0.6 is 0 Å². The maximum atomic E-state index is 13.2. The summed E-state index contributed by atoms with van der Waals surface area (Å²) in [4.78, 5) is 27.6. The Kier molecular flexibility index (Phi) is 4.85. The van der Waals surface area contributed by atoms with Crippen LogP contribution in [0.1, 0.15) is 30.3 Å². The third kappa shape index (κ3) is 3.52. The second-order valence-electron chi connectivity index (χ2n) is 7.74. The summed E-state index contributed by atoms with van der Waals surface area (Å²) in [7, 11) is 1.98. The van der Waals surface area contributed by atoms with Gasteiger partial charge in [-0.3, -0.25) is 4.79 Å². The number of pyridine rings is 1. The molecule has 1 fully saturated rings. The topological polar surface area (TPSA) is 93.2 Å². The van der Waals surface area contributed by atoms with Crippen molar-refractivity contribution in [3.05, 3.63) is 60.7 Å². The normalized spacial score (nSPS) is 19.0. The van der Waals surface area contributed by atoms with Crippen LogP contribution in [0.5, 0.6) is 0 Å². The number of nitrogens with zero attached hydrogens (tertiary/aromatic N) is 7. The van der Waals surface area contributed by atoms with Crippen LogP contribution in [0.15, 0.2) is 59.4 Å². The van der Waals surface area contributed by atoms with Crippen LogP contribution in [0.3, 0.4) is 0 Å². The van der Waals surface area contributed by atoms with E-state index in [1.165, 1.54) is 4.80 Å². The molecule has 4 aromatic rings. The molecule has 0 radical (unpaired) electrons. The van der Waals surface area contributed by atoms with Gasteiger partial charge in [-0.2, -0.15) is 20.0 Å². The Morgan fingerprint density at radius 1 is 1.16 bits per heavy atom. The highest BCUT2D eigenvalue weighted by Crippen LogP contribution is 2.28. The standard InChI is InChI=1S/C22H23N7O2/c1-15-19(27(2)22-26-17-6-3-4-8-20(17)31-22)7-5-13-28(15)21(30)18-10-9-16(14-23-18)29-24-11-12-25-29/h3-4,6,8-12,14-15,19H,5,7,13H2,1-2H3/t15-,19+/m0/s1. The van der Waals surface area contributed by atoms with Crippen molar-refractivity contribution < 1.29 is 9.21 Å². The molecule has 1 aliphatic rings. The molecule has 0 aliphatic carbocycles. The van der Waals surface area contributed by atoms with E-state index in [9.17, 15) is 4.79 Å². The van der Waals surface area contributed by atoms with Crippen molar-refractivity contribution in [3.8, 4) is 5.69 Å². The zero-order valence-corrected chi connectivity index (χ0v) is 17.4. The van der Waals surface area contributed by atoms with Gasteiger partial charge in [0.15, 0.2) is 5.58 Å². The molecule has 0 bridgehead atoms. The Hall–Kier alpha value is -3.75. The average molecular weight is 417 g/mol. The van der Waals surface area contributed by atoms with Gasteiger partial charge in [0.25, 0.3) is 11.9 Å². The molecule has 1 aliphatic heterocycles. The van der Waals surface area contributed by atoms with E-state index in [2.05, 4.69) is 27.1 Å². The lowest BCUT2D eigenvalue weighted by atomic mass is 9.96. The summed E-state index contributed by atoms with van der Waals surface area (Å²) in [5.74, 6) is -0.0804. The van der Waals surface area contributed by atoms with E-state index in [1.54, 1.807) is 30.7 Å². The Morgan fingerprint density at radius 2 is 1.97 bits per heavy atom. The highest BCUT2D eigenvalue weighted by molar-refractivity contribution is 5.92. The molecular formula is C22H23N7O2. The van der Waals surface area contributed by atoms with Crippen molar-refractivity contribution in [1.29, 1.82) is 0 Å². The molecule has 0 spiro atoms. The second-order valence-corrected chi connectivity index (χ2v) is 7.74. The van der Waals surface area contributed by atoms with Crippen molar-refractivity contribution in [2.24, 2.45) is 0 Å². The van der Waals surface area contributed by atoms with Gasteiger partial charge in [0.05, 0.1) is 24.6 Å². The van der Waals surface area contributed by atoms with Crippen molar-refractivity contribution >= 4 is 23.0 Å². The van der Waals surface area contributed by atoms with Gasteiger partial charge >= 0.3 is 0 Å². The number of benzene rings is 1. The van der Waals surface area contributed by atoms with Gasteiger partial charge in [-0.25, -0.2) is 4.98 Å². The van der Waals surface area contributed by atoms with Gasteiger partial charge in [-0.05, 0) is 44.0 Å². The highest BCUT2D eigenvalue weighted by Gasteiger charge is 2.35. The lowest BCUT2D eigenvalue weighted by Crippen LogP contribution is -2.55. The van der Waals surface area contributed by atoms with Crippen LogP contribution in [0, 0.1) is 0 Å². The van der Waals surface area contributed by atoms with Crippen LogP contribution in [-0.2, 0) is 0 Å². The molecule has 31 heavy (non-hydrogen) atoms. The first-order chi connectivity index (χ1) is 15.1. The van der Waals surface area contributed by atoms with E-state index in [1.807, 2.05) is 41.1 Å². The molecule has 9 nitrogen and oxygen atoms in total. The Labute approximate surface area is 179 Å². The molecule has 9 heteroatoms. The minimum absolute atomic E-state index is 0.0180. The number of para-hydroxylation sites is 2. The minimum atomic E-state index is -0.0804. The predicted molar refractivity (Wildman–Crippen MR) is 115 cm³/mol. The third-order valence-corrected chi connectivity index (χ3v) is 5.91. The summed E-state index contributed by atoms with van der Waals surface area (Å²) < 4.78 is 5.95. The zero-order valence-electron chi connectivity index (χ0n) is 17.4. The Bertz CT molecular complexity index is 1150. The number of carbonyl (C=O) groups excluding carboxylic acids is 1. The number of hydrogen-bond donors (Lipinski definition) is 0. The molecule has 0 saturated carbocycles. The number of piperidine rings is 1. The van der Waals surface area contributed by atoms with Crippen molar-refractivity contribution in [3.63, 3.8) is 0 Å². The van der Waals surface area contributed by atoms with Gasteiger partial charge in [-0.1, -0.05) is 12.1 Å². The zero-order chi connectivity index (χ0) is 21.4. The first kappa shape index (κ1) is 19.2. The first-order valence-electron chi connectivity index (χ1n) is 10.3. The molecule has 3 aromatic heterocycles. The summed E-state index contributed by atoms with van der Waals surface area (Å²) in [5.41, 5.74) is 2.71.